The summed E-state index contributed by atoms with van der Waals surface area (Å²) < 4.78 is 55.9. The molecule has 1 heterocycles. The van der Waals surface area contributed by atoms with Gasteiger partial charge in [-0.25, -0.2) is 13.7 Å². The first kappa shape index (κ1) is 24.7. The van der Waals surface area contributed by atoms with E-state index >= 15 is 0 Å². The van der Waals surface area contributed by atoms with Crippen molar-refractivity contribution < 1.29 is 55.9 Å². The number of azide groups is 1. The minimum absolute atomic E-state index is 0.106. The summed E-state index contributed by atoms with van der Waals surface area (Å²) in [5.41, 5.74) is 7.18. The normalized spacial score (nSPS) is 28.1. The zero-order valence-electron chi connectivity index (χ0n) is 14.0. The van der Waals surface area contributed by atoms with Crippen LogP contribution in [-0.2, 0) is 36.3 Å². The molecule has 15 nitrogen and oxygen atoms in total. The van der Waals surface area contributed by atoms with Crippen molar-refractivity contribution in [2.24, 2.45) is 5.11 Å². The van der Waals surface area contributed by atoms with Crippen LogP contribution in [0.25, 0.3) is 10.4 Å². The van der Waals surface area contributed by atoms with Crippen LogP contribution in [-0.4, -0.2) is 58.0 Å². The van der Waals surface area contributed by atoms with Gasteiger partial charge in [-0.15, -0.1) is 0 Å². The fourth-order valence-corrected chi connectivity index (χ4v) is 5.02. The van der Waals surface area contributed by atoms with Gasteiger partial charge in [0.2, 0.25) is 0 Å². The molecule has 0 aromatic carbocycles. The molecule has 1 saturated heterocycles. The van der Waals surface area contributed by atoms with E-state index in [1.807, 2.05) is 0 Å². The lowest BCUT2D eigenvalue weighted by Crippen LogP contribution is -2.36. The molecule has 154 valence electrons. The number of hydrogen-bond donors (Lipinski definition) is 4. The van der Waals surface area contributed by atoms with Crippen molar-refractivity contribution in [3.63, 3.8) is 0 Å². The van der Waals surface area contributed by atoms with Gasteiger partial charge in [0.1, 0.15) is 19.7 Å². The van der Waals surface area contributed by atoms with Gasteiger partial charge in [-0.3, -0.25) is 4.52 Å². The summed E-state index contributed by atoms with van der Waals surface area (Å²) in [5, 5.41) is 3.40. The number of phosphoric ester groups is 1. The van der Waals surface area contributed by atoms with Crippen molar-refractivity contribution >= 4 is 31.3 Å². The van der Waals surface area contributed by atoms with Crippen LogP contribution in [0.3, 0.4) is 0 Å². The molecule has 3 unspecified atom stereocenters. The van der Waals surface area contributed by atoms with Crippen molar-refractivity contribution in [1.82, 2.24) is 0 Å². The molecule has 0 aromatic heterocycles. The zero-order chi connectivity index (χ0) is 21.1. The summed E-state index contributed by atoms with van der Waals surface area (Å²) in [4.78, 5) is 38.0. The first-order valence-electron chi connectivity index (χ1n) is 6.98. The lowest BCUT2D eigenvalue weighted by atomic mass is 9.96. The molecule has 0 spiro atoms. The van der Waals surface area contributed by atoms with Crippen LogP contribution in [0.1, 0.15) is 20.3 Å². The molecule has 2 radical (unpaired) electrons. The molecular formula is C8H17BN3O12P3. The lowest BCUT2D eigenvalue weighted by molar-refractivity contribution is -0.103. The third-order valence-electron chi connectivity index (χ3n) is 2.77. The van der Waals surface area contributed by atoms with E-state index in [0.717, 1.165) is 0 Å². The summed E-state index contributed by atoms with van der Waals surface area (Å²) in [5.74, 6) is 0. The standard InChI is InChI=1S/C8H17BN3O12P3/c1-8(2,11-12-10)22-5-3-7(9)21-6(5)4-20-26(16,17)24-27(18,19)23-25(13,14)15/h5-7H,3-4H2,1-2H3,(H,16,17)(H,18,19)(H2,13,14,15)/t5?,6-,7-/m1/s1. The van der Waals surface area contributed by atoms with E-state index in [9.17, 15) is 18.6 Å². The van der Waals surface area contributed by atoms with E-state index in [-0.39, 0.29) is 6.42 Å². The van der Waals surface area contributed by atoms with E-state index in [0.29, 0.717) is 0 Å². The molecule has 0 aliphatic carbocycles. The van der Waals surface area contributed by atoms with Crippen molar-refractivity contribution in [2.75, 3.05) is 6.61 Å². The third kappa shape index (κ3) is 9.64. The molecule has 1 fully saturated rings. The smallest absolute Gasteiger partial charge is 0.380 e. The van der Waals surface area contributed by atoms with Gasteiger partial charge in [-0.2, -0.15) is 8.62 Å². The predicted molar refractivity (Wildman–Crippen MR) is 86.9 cm³/mol. The molecular weight excluding hydrogens is 434 g/mol. The monoisotopic (exact) mass is 451 g/mol. The Morgan fingerprint density at radius 2 is 1.81 bits per heavy atom. The molecule has 1 rings (SSSR count). The highest BCUT2D eigenvalue weighted by molar-refractivity contribution is 7.66. The Balaban J connectivity index is 2.73. The van der Waals surface area contributed by atoms with Crippen molar-refractivity contribution in [2.45, 2.75) is 44.2 Å². The Morgan fingerprint density at radius 1 is 1.22 bits per heavy atom. The Morgan fingerprint density at radius 3 is 2.33 bits per heavy atom. The zero-order valence-corrected chi connectivity index (χ0v) is 16.6. The van der Waals surface area contributed by atoms with Crippen LogP contribution in [0.5, 0.6) is 0 Å². The van der Waals surface area contributed by atoms with Crippen molar-refractivity contribution in [3.8, 4) is 0 Å². The second kappa shape index (κ2) is 9.02. The minimum Gasteiger partial charge on any atom is -0.380 e. The first-order chi connectivity index (χ1) is 12.0. The first-order valence-corrected chi connectivity index (χ1v) is 11.5. The lowest BCUT2D eigenvalue weighted by Gasteiger charge is -2.27. The molecule has 1 aliphatic heterocycles. The number of hydrogen-bond acceptors (Lipinski definition) is 9. The average molecular weight is 451 g/mol. The van der Waals surface area contributed by atoms with Gasteiger partial charge in [0.05, 0.1) is 12.7 Å². The molecule has 1 aliphatic rings. The highest BCUT2D eigenvalue weighted by Gasteiger charge is 2.43. The van der Waals surface area contributed by atoms with Gasteiger partial charge in [0, 0.05) is 10.9 Å². The second-order valence-electron chi connectivity index (χ2n) is 5.63. The second-order valence-corrected chi connectivity index (χ2v) is 10.0. The van der Waals surface area contributed by atoms with Gasteiger partial charge < -0.3 is 29.0 Å². The number of phosphoric acid groups is 3. The largest absolute Gasteiger partial charge is 0.490 e. The Hall–Kier alpha value is -0.295. The summed E-state index contributed by atoms with van der Waals surface area (Å²) in [6.45, 7) is 2.15. The SMILES string of the molecule is [B][C@H]1CC(OC(C)(C)N=[N+]=[N-])[C@@H](COP(=O)(O)OP(=O)(O)OP(=O)(O)O)O1. The third-order valence-corrected chi connectivity index (χ3v) is 6.57. The van der Waals surface area contributed by atoms with E-state index in [1.54, 1.807) is 0 Å². The van der Waals surface area contributed by atoms with Gasteiger partial charge in [0.15, 0.2) is 0 Å². The van der Waals surface area contributed by atoms with Crippen LogP contribution in [0, 0.1) is 0 Å². The van der Waals surface area contributed by atoms with Gasteiger partial charge >= 0.3 is 23.5 Å². The highest BCUT2D eigenvalue weighted by atomic mass is 31.3. The van der Waals surface area contributed by atoms with Gasteiger partial charge in [0.25, 0.3) is 0 Å². The minimum atomic E-state index is -5.62. The van der Waals surface area contributed by atoms with Crippen LogP contribution in [0.4, 0.5) is 0 Å². The topological polar surface area (TPSA) is 227 Å². The van der Waals surface area contributed by atoms with Crippen molar-refractivity contribution in [3.05, 3.63) is 10.4 Å². The average Bonchev–Trinajstić information content (AvgIpc) is 2.71. The molecule has 27 heavy (non-hydrogen) atoms. The van der Waals surface area contributed by atoms with E-state index in [2.05, 4.69) is 23.2 Å². The Kier molecular flexibility index (Phi) is 8.27. The fourth-order valence-electron chi connectivity index (χ4n) is 1.99. The molecule has 0 bridgehead atoms. The maximum Gasteiger partial charge on any atom is 0.490 e. The van der Waals surface area contributed by atoms with Crippen LogP contribution in [0.2, 0.25) is 0 Å². The molecule has 0 amide bonds. The molecule has 0 saturated carbocycles. The Labute approximate surface area is 154 Å². The maximum absolute atomic E-state index is 11.7. The molecule has 0 aromatic rings. The van der Waals surface area contributed by atoms with E-state index < -0.39 is 54.0 Å². The van der Waals surface area contributed by atoms with Crippen molar-refractivity contribution in [1.29, 1.82) is 0 Å². The number of rotatable bonds is 10. The van der Waals surface area contributed by atoms with Crippen LogP contribution >= 0.6 is 23.5 Å². The fraction of sp³-hybridized carbons (Fsp3) is 1.00. The Bertz CT molecular complexity index is 723. The molecule has 4 N–H and O–H groups in total. The van der Waals surface area contributed by atoms with E-state index in [4.69, 9.17) is 37.5 Å². The summed E-state index contributed by atoms with van der Waals surface area (Å²) in [6.07, 6.45) is -1.79. The summed E-state index contributed by atoms with van der Waals surface area (Å²) in [6, 6.07) is -0.841. The van der Waals surface area contributed by atoms with Crippen LogP contribution in [0.15, 0.2) is 5.11 Å². The summed E-state index contributed by atoms with van der Waals surface area (Å²) in [7, 11) is -10.8. The van der Waals surface area contributed by atoms with Gasteiger partial charge in [-0.1, -0.05) is 5.11 Å². The van der Waals surface area contributed by atoms with E-state index in [1.165, 1.54) is 13.8 Å². The maximum atomic E-state index is 11.7. The van der Waals surface area contributed by atoms with Crippen LogP contribution < -0.4 is 0 Å². The molecule has 19 heteroatoms. The quantitative estimate of drug-likeness (QED) is 0.120. The predicted octanol–water partition coefficient (Wildman–Crippen LogP) is 1.04. The number of ether oxygens (including phenoxy) is 2. The molecule has 5 atom stereocenters. The number of nitrogens with zero attached hydrogens (tertiary/aromatic N) is 3. The summed E-state index contributed by atoms with van der Waals surface area (Å²) >= 11 is 0. The highest BCUT2D eigenvalue weighted by Crippen LogP contribution is 2.66. The van der Waals surface area contributed by atoms with Gasteiger partial charge in [-0.05, 0) is 25.8 Å².